The van der Waals surface area contributed by atoms with Crippen LogP contribution in [-0.4, -0.2) is 24.2 Å². The summed E-state index contributed by atoms with van der Waals surface area (Å²) < 4.78 is 40.4. The number of nitrogens with zero attached hydrogens (tertiary/aromatic N) is 2. The molecule has 2 aromatic carbocycles. The molecule has 0 aliphatic heterocycles. The molecule has 9 heteroatoms. The zero-order chi connectivity index (χ0) is 21.7. The summed E-state index contributed by atoms with van der Waals surface area (Å²) >= 11 is 0. The average molecular weight is 426 g/mol. The van der Waals surface area contributed by atoms with Crippen LogP contribution in [0, 0.1) is 19.7 Å². The number of halogens is 1. The van der Waals surface area contributed by atoms with E-state index >= 15 is 0 Å². The first-order valence-corrected chi connectivity index (χ1v) is 10.4. The number of ketones is 1. The summed E-state index contributed by atoms with van der Waals surface area (Å²) in [5, 5.41) is 2.89. The molecule has 7 nitrogen and oxygen atoms in total. The van der Waals surface area contributed by atoms with E-state index in [1.807, 2.05) is 0 Å². The van der Waals surface area contributed by atoms with Crippen LogP contribution >= 0.6 is 0 Å². The first-order valence-electron chi connectivity index (χ1n) is 8.91. The summed E-state index contributed by atoms with van der Waals surface area (Å²) in [5.41, 5.74) is 1.60. The van der Waals surface area contributed by atoms with E-state index in [1.165, 1.54) is 48.7 Å². The fraction of sp³-hybridized carbons (Fsp3) is 0.0952. The zero-order valence-electron chi connectivity index (χ0n) is 16.3. The van der Waals surface area contributed by atoms with Gasteiger partial charge in [0.2, 0.25) is 0 Å². The van der Waals surface area contributed by atoms with Crippen LogP contribution in [0.15, 0.2) is 71.8 Å². The van der Waals surface area contributed by atoms with Gasteiger partial charge in [-0.3, -0.25) is 9.52 Å². The Morgan fingerprint density at radius 1 is 1.00 bits per heavy atom. The number of aromatic nitrogens is 2. The van der Waals surface area contributed by atoms with Crippen molar-refractivity contribution in [1.82, 2.24) is 9.97 Å². The number of carbonyl (C=O) groups is 1. The standard InChI is InChI=1S/C21H19FN4O3S/c1-14-13-21(25-15(2)24-14)26-30(28,29)19-9-7-18(8-10-19)23-12-11-20(27)16-3-5-17(22)6-4-16/h3-13,23H,1-2H3,(H,24,25,26)/b12-11+. The van der Waals surface area contributed by atoms with Crippen molar-refractivity contribution in [2.75, 3.05) is 10.0 Å². The molecular weight excluding hydrogens is 407 g/mol. The smallest absolute Gasteiger partial charge is 0.263 e. The lowest BCUT2D eigenvalue weighted by Gasteiger charge is -2.09. The molecule has 0 bridgehead atoms. The van der Waals surface area contributed by atoms with Gasteiger partial charge in [-0.1, -0.05) is 0 Å². The van der Waals surface area contributed by atoms with Gasteiger partial charge in [0.25, 0.3) is 10.0 Å². The summed E-state index contributed by atoms with van der Waals surface area (Å²) in [6, 6.07) is 12.8. The number of hydrogen-bond donors (Lipinski definition) is 2. The van der Waals surface area contributed by atoms with Crippen LogP contribution in [0.3, 0.4) is 0 Å². The number of allylic oxidation sites excluding steroid dienone is 1. The van der Waals surface area contributed by atoms with E-state index in [0.717, 1.165) is 0 Å². The predicted octanol–water partition coefficient (Wildman–Crippen LogP) is 3.84. The first kappa shape index (κ1) is 21.1. The van der Waals surface area contributed by atoms with Crippen molar-refractivity contribution in [3.63, 3.8) is 0 Å². The van der Waals surface area contributed by atoms with Crippen molar-refractivity contribution in [1.29, 1.82) is 0 Å². The van der Waals surface area contributed by atoms with Crippen molar-refractivity contribution in [3.05, 3.63) is 89.8 Å². The van der Waals surface area contributed by atoms with E-state index in [9.17, 15) is 17.6 Å². The van der Waals surface area contributed by atoms with Gasteiger partial charge in [0.1, 0.15) is 17.5 Å². The Morgan fingerprint density at radius 2 is 1.67 bits per heavy atom. The van der Waals surface area contributed by atoms with Crippen LogP contribution in [0.25, 0.3) is 0 Å². The van der Waals surface area contributed by atoms with Crippen LogP contribution in [0.5, 0.6) is 0 Å². The molecule has 0 atom stereocenters. The highest BCUT2D eigenvalue weighted by molar-refractivity contribution is 7.92. The second-order valence-electron chi connectivity index (χ2n) is 6.42. The highest BCUT2D eigenvalue weighted by Gasteiger charge is 2.15. The maximum Gasteiger partial charge on any atom is 0.263 e. The summed E-state index contributed by atoms with van der Waals surface area (Å²) in [6.07, 6.45) is 2.74. The summed E-state index contributed by atoms with van der Waals surface area (Å²) in [7, 11) is -3.81. The Labute approximate surface area is 173 Å². The lowest BCUT2D eigenvalue weighted by atomic mass is 10.1. The van der Waals surface area contributed by atoms with Crippen LogP contribution in [0.1, 0.15) is 21.9 Å². The Bertz CT molecular complexity index is 1170. The van der Waals surface area contributed by atoms with Gasteiger partial charge < -0.3 is 5.32 Å². The maximum atomic E-state index is 12.9. The largest absolute Gasteiger partial charge is 0.362 e. The third-order valence-electron chi connectivity index (χ3n) is 3.98. The molecule has 0 unspecified atom stereocenters. The molecule has 154 valence electrons. The lowest BCUT2D eigenvalue weighted by molar-refractivity contribution is 0.104. The fourth-order valence-corrected chi connectivity index (χ4v) is 3.61. The van der Waals surface area contributed by atoms with E-state index in [0.29, 0.717) is 22.8 Å². The molecule has 0 radical (unpaired) electrons. The van der Waals surface area contributed by atoms with Crippen molar-refractivity contribution in [2.45, 2.75) is 18.7 Å². The number of benzene rings is 2. The Morgan fingerprint density at radius 3 is 2.30 bits per heavy atom. The third-order valence-corrected chi connectivity index (χ3v) is 5.35. The quantitative estimate of drug-likeness (QED) is 0.440. The number of carbonyl (C=O) groups excluding carboxylic acids is 1. The minimum absolute atomic E-state index is 0.0633. The molecule has 0 amide bonds. The fourth-order valence-electron chi connectivity index (χ4n) is 2.62. The van der Waals surface area contributed by atoms with Gasteiger partial charge in [-0.25, -0.2) is 22.8 Å². The van der Waals surface area contributed by atoms with Gasteiger partial charge in [-0.2, -0.15) is 0 Å². The molecule has 1 aromatic heterocycles. The van der Waals surface area contributed by atoms with E-state index in [2.05, 4.69) is 20.0 Å². The van der Waals surface area contributed by atoms with Gasteiger partial charge in [0.15, 0.2) is 5.78 Å². The van der Waals surface area contributed by atoms with Crippen LogP contribution < -0.4 is 10.0 Å². The summed E-state index contributed by atoms with van der Waals surface area (Å²) in [6.45, 7) is 3.43. The third kappa shape index (κ3) is 5.48. The molecule has 0 saturated carbocycles. The minimum atomic E-state index is -3.81. The van der Waals surface area contributed by atoms with Gasteiger partial charge >= 0.3 is 0 Å². The number of anilines is 2. The van der Waals surface area contributed by atoms with E-state index in [4.69, 9.17) is 0 Å². The molecule has 2 N–H and O–H groups in total. The molecule has 0 fully saturated rings. The normalized spacial score (nSPS) is 11.4. The molecule has 0 aliphatic carbocycles. The van der Waals surface area contributed by atoms with Crippen LogP contribution in [-0.2, 0) is 10.0 Å². The number of sulfonamides is 1. The topological polar surface area (TPSA) is 101 Å². The second kappa shape index (κ2) is 8.83. The lowest BCUT2D eigenvalue weighted by Crippen LogP contribution is -2.14. The molecule has 1 heterocycles. The van der Waals surface area contributed by atoms with Crippen LogP contribution in [0.2, 0.25) is 0 Å². The second-order valence-corrected chi connectivity index (χ2v) is 8.10. The molecule has 0 spiro atoms. The number of hydrogen-bond acceptors (Lipinski definition) is 6. The Kier molecular flexibility index (Phi) is 6.22. The predicted molar refractivity (Wildman–Crippen MR) is 112 cm³/mol. The SMILES string of the molecule is Cc1cc(NS(=O)(=O)c2ccc(N/C=C/C(=O)c3ccc(F)cc3)cc2)nc(C)n1. The van der Waals surface area contributed by atoms with E-state index < -0.39 is 15.8 Å². The molecule has 0 saturated heterocycles. The number of rotatable bonds is 7. The molecular formula is C21H19FN4O3S. The van der Waals surface area contributed by atoms with E-state index in [-0.39, 0.29) is 16.5 Å². The van der Waals surface area contributed by atoms with Crippen molar-refractivity contribution < 1.29 is 17.6 Å². The van der Waals surface area contributed by atoms with Crippen molar-refractivity contribution in [3.8, 4) is 0 Å². The molecule has 0 aliphatic rings. The molecule has 3 aromatic rings. The molecule has 30 heavy (non-hydrogen) atoms. The monoisotopic (exact) mass is 426 g/mol. The van der Waals surface area contributed by atoms with Crippen molar-refractivity contribution >= 4 is 27.3 Å². The Hall–Kier alpha value is -3.59. The van der Waals surface area contributed by atoms with E-state index in [1.54, 1.807) is 32.0 Å². The maximum absolute atomic E-state index is 12.9. The summed E-state index contributed by atoms with van der Waals surface area (Å²) in [5.74, 6) is -0.0387. The highest BCUT2D eigenvalue weighted by atomic mass is 32.2. The molecule has 3 rings (SSSR count). The van der Waals surface area contributed by atoms with Crippen LogP contribution in [0.4, 0.5) is 15.9 Å². The Balaban J connectivity index is 1.65. The highest BCUT2D eigenvalue weighted by Crippen LogP contribution is 2.18. The average Bonchev–Trinajstić information content (AvgIpc) is 2.67. The number of nitrogens with one attached hydrogen (secondary N) is 2. The number of aryl methyl sites for hydroxylation is 2. The first-order chi connectivity index (χ1) is 14.2. The van der Waals surface area contributed by atoms with Gasteiger partial charge in [-0.05, 0) is 62.4 Å². The van der Waals surface area contributed by atoms with Gasteiger partial charge in [0.05, 0.1) is 4.90 Å². The van der Waals surface area contributed by atoms with Gasteiger partial charge in [-0.15, -0.1) is 0 Å². The van der Waals surface area contributed by atoms with Gasteiger partial charge in [0, 0.05) is 35.3 Å². The van der Waals surface area contributed by atoms with Crippen molar-refractivity contribution in [2.24, 2.45) is 0 Å². The minimum Gasteiger partial charge on any atom is -0.362 e. The zero-order valence-corrected chi connectivity index (χ0v) is 17.1. The summed E-state index contributed by atoms with van der Waals surface area (Å²) in [4.78, 5) is 20.3.